The van der Waals surface area contributed by atoms with E-state index in [1.807, 2.05) is 54.6 Å². The second-order valence-corrected chi connectivity index (χ2v) is 6.02. The van der Waals surface area contributed by atoms with Gasteiger partial charge in [-0.25, -0.2) is 4.39 Å². The molecule has 0 spiro atoms. The first-order valence-electron chi connectivity index (χ1n) is 7.86. The van der Waals surface area contributed by atoms with Gasteiger partial charge in [-0.1, -0.05) is 30.3 Å². The van der Waals surface area contributed by atoms with Gasteiger partial charge in [-0.2, -0.15) is 0 Å². The molecule has 0 bridgehead atoms. The topological polar surface area (TPSA) is 36.1 Å². The van der Waals surface area contributed by atoms with E-state index in [1.54, 1.807) is 19.1 Å². The molecule has 0 aromatic heterocycles. The molecule has 0 aliphatic rings. The molecule has 0 saturated heterocycles. The van der Waals surface area contributed by atoms with Crippen molar-refractivity contribution in [2.75, 3.05) is 16.0 Å². The first-order valence-corrected chi connectivity index (χ1v) is 8.27. The molecule has 126 valence electrons. The number of hydrogen-bond acceptors (Lipinski definition) is 2. The fourth-order valence-electron chi connectivity index (χ4n) is 2.33. The van der Waals surface area contributed by atoms with Crippen LogP contribution in [-0.2, 0) is 0 Å². The van der Waals surface area contributed by atoms with Crippen molar-refractivity contribution in [3.8, 4) is 0 Å². The molecular weight excluding hydrogens is 333 g/mol. The van der Waals surface area contributed by atoms with E-state index in [1.165, 1.54) is 6.07 Å². The maximum absolute atomic E-state index is 13.6. The molecule has 0 radical (unpaired) electrons. The number of anilines is 4. The molecule has 3 nitrogen and oxygen atoms in total. The maximum Gasteiger partial charge on any atom is 0.175 e. The number of rotatable bonds is 4. The van der Waals surface area contributed by atoms with E-state index in [-0.39, 0.29) is 5.82 Å². The van der Waals surface area contributed by atoms with Crippen LogP contribution in [0.1, 0.15) is 5.56 Å². The zero-order chi connectivity index (χ0) is 17.6. The highest BCUT2D eigenvalue weighted by Crippen LogP contribution is 2.20. The van der Waals surface area contributed by atoms with Crippen molar-refractivity contribution in [3.05, 3.63) is 84.2 Å². The number of aryl methyl sites for hydroxylation is 1. The third-order valence-electron chi connectivity index (χ3n) is 3.61. The summed E-state index contributed by atoms with van der Waals surface area (Å²) in [6.07, 6.45) is 0. The van der Waals surface area contributed by atoms with E-state index in [2.05, 4.69) is 16.0 Å². The lowest BCUT2D eigenvalue weighted by Crippen LogP contribution is -2.19. The van der Waals surface area contributed by atoms with Gasteiger partial charge in [0.05, 0.1) is 0 Å². The zero-order valence-corrected chi connectivity index (χ0v) is 14.5. The minimum Gasteiger partial charge on any atom is -0.355 e. The van der Waals surface area contributed by atoms with Crippen molar-refractivity contribution in [2.24, 2.45) is 0 Å². The monoisotopic (exact) mass is 351 g/mol. The largest absolute Gasteiger partial charge is 0.355 e. The summed E-state index contributed by atoms with van der Waals surface area (Å²) in [6, 6.07) is 22.6. The molecule has 0 aliphatic heterocycles. The van der Waals surface area contributed by atoms with E-state index in [0.29, 0.717) is 16.4 Å². The summed E-state index contributed by atoms with van der Waals surface area (Å²) in [5, 5.41) is 9.83. The molecule has 3 aromatic carbocycles. The Kier molecular flexibility index (Phi) is 5.26. The highest BCUT2D eigenvalue weighted by molar-refractivity contribution is 7.80. The van der Waals surface area contributed by atoms with Crippen LogP contribution in [0.3, 0.4) is 0 Å². The van der Waals surface area contributed by atoms with Crippen LogP contribution in [0.4, 0.5) is 27.1 Å². The first-order chi connectivity index (χ1) is 12.1. The lowest BCUT2D eigenvalue weighted by molar-refractivity contribution is 0.619. The Morgan fingerprint density at radius 3 is 2.12 bits per heavy atom. The highest BCUT2D eigenvalue weighted by atomic mass is 32.1. The lowest BCUT2D eigenvalue weighted by Gasteiger charge is -2.13. The molecule has 0 unspecified atom stereocenters. The second kappa shape index (κ2) is 7.77. The van der Waals surface area contributed by atoms with Gasteiger partial charge >= 0.3 is 0 Å². The molecule has 0 saturated carbocycles. The fraction of sp³-hybridized carbons (Fsp3) is 0.0500. The van der Waals surface area contributed by atoms with Crippen LogP contribution in [0.2, 0.25) is 0 Å². The van der Waals surface area contributed by atoms with Gasteiger partial charge in [0.2, 0.25) is 0 Å². The number of para-hydroxylation sites is 1. The summed E-state index contributed by atoms with van der Waals surface area (Å²) in [4.78, 5) is 0. The van der Waals surface area contributed by atoms with Crippen LogP contribution in [0.5, 0.6) is 0 Å². The normalized spacial score (nSPS) is 10.2. The first kappa shape index (κ1) is 16.9. The van der Waals surface area contributed by atoms with Gasteiger partial charge in [-0.3, -0.25) is 0 Å². The Balaban J connectivity index is 1.65. The Morgan fingerprint density at radius 2 is 1.40 bits per heavy atom. The van der Waals surface area contributed by atoms with Crippen LogP contribution >= 0.6 is 12.2 Å². The van der Waals surface area contributed by atoms with Gasteiger partial charge in [-0.15, -0.1) is 0 Å². The van der Waals surface area contributed by atoms with Crippen LogP contribution in [0, 0.1) is 12.7 Å². The second-order valence-electron chi connectivity index (χ2n) is 5.61. The Labute approximate surface area is 151 Å². The summed E-state index contributed by atoms with van der Waals surface area (Å²) >= 11 is 5.30. The summed E-state index contributed by atoms with van der Waals surface area (Å²) < 4.78 is 13.6. The quantitative estimate of drug-likeness (QED) is 0.528. The third-order valence-corrected chi connectivity index (χ3v) is 3.82. The SMILES string of the molecule is Cc1ccc(NC(=S)Nc2cccc(Nc3ccccc3)c2)cc1F. The smallest absolute Gasteiger partial charge is 0.175 e. The summed E-state index contributed by atoms with van der Waals surface area (Å²) in [6.45, 7) is 1.72. The molecule has 3 rings (SSSR count). The molecule has 0 heterocycles. The van der Waals surface area contributed by atoms with Crippen molar-refractivity contribution >= 4 is 40.1 Å². The summed E-state index contributed by atoms with van der Waals surface area (Å²) in [5.74, 6) is -0.262. The lowest BCUT2D eigenvalue weighted by atomic mass is 10.2. The predicted molar refractivity (Wildman–Crippen MR) is 107 cm³/mol. The van der Waals surface area contributed by atoms with Crippen LogP contribution in [0.25, 0.3) is 0 Å². The summed E-state index contributed by atoms with van der Waals surface area (Å²) in [7, 11) is 0. The van der Waals surface area contributed by atoms with Crippen LogP contribution < -0.4 is 16.0 Å². The van der Waals surface area contributed by atoms with Gasteiger partial charge in [0.1, 0.15) is 5.82 Å². The van der Waals surface area contributed by atoms with Gasteiger partial charge < -0.3 is 16.0 Å². The fourth-order valence-corrected chi connectivity index (χ4v) is 2.56. The zero-order valence-electron chi connectivity index (χ0n) is 13.7. The van der Waals surface area contributed by atoms with E-state index in [9.17, 15) is 4.39 Å². The average molecular weight is 351 g/mol. The molecule has 0 atom stereocenters. The minimum absolute atomic E-state index is 0.262. The Morgan fingerprint density at radius 1 is 0.760 bits per heavy atom. The molecule has 3 N–H and O–H groups in total. The molecule has 0 fully saturated rings. The van der Waals surface area contributed by atoms with Gasteiger partial charge in [0, 0.05) is 22.7 Å². The van der Waals surface area contributed by atoms with Crippen molar-refractivity contribution in [1.82, 2.24) is 0 Å². The van der Waals surface area contributed by atoms with Crippen molar-refractivity contribution < 1.29 is 4.39 Å². The Hall–Kier alpha value is -2.92. The van der Waals surface area contributed by atoms with Crippen molar-refractivity contribution in [3.63, 3.8) is 0 Å². The van der Waals surface area contributed by atoms with Gasteiger partial charge in [-0.05, 0) is 67.2 Å². The molecule has 5 heteroatoms. The average Bonchev–Trinajstić information content (AvgIpc) is 2.59. The van der Waals surface area contributed by atoms with Crippen molar-refractivity contribution in [1.29, 1.82) is 0 Å². The van der Waals surface area contributed by atoms with Gasteiger partial charge in [0.25, 0.3) is 0 Å². The minimum atomic E-state index is -0.262. The van der Waals surface area contributed by atoms with E-state index in [4.69, 9.17) is 12.2 Å². The number of nitrogens with one attached hydrogen (secondary N) is 3. The maximum atomic E-state index is 13.6. The summed E-state index contributed by atoms with van der Waals surface area (Å²) in [5.41, 5.74) is 4.00. The van der Waals surface area contributed by atoms with Crippen LogP contribution in [-0.4, -0.2) is 5.11 Å². The number of halogens is 1. The predicted octanol–water partition coefficient (Wildman–Crippen LogP) is 5.69. The molecule has 25 heavy (non-hydrogen) atoms. The van der Waals surface area contributed by atoms with E-state index >= 15 is 0 Å². The van der Waals surface area contributed by atoms with Crippen LogP contribution in [0.15, 0.2) is 72.8 Å². The van der Waals surface area contributed by atoms with E-state index in [0.717, 1.165) is 17.1 Å². The van der Waals surface area contributed by atoms with E-state index < -0.39 is 0 Å². The highest BCUT2D eigenvalue weighted by Gasteiger charge is 2.03. The molecule has 0 aliphatic carbocycles. The number of thiocarbonyl (C=S) groups is 1. The van der Waals surface area contributed by atoms with Gasteiger partial charge in [0.15, 0.2) is 5.11 Å². The number of benzene rings is 3. The standard InChI is InChI=1S/C20H18FN3S/c1-14-10-11-18(13-19(14)21)24-20(25)23-17-9-5-8-16(12-17)22-15-6-3-2-4-7-15/h2-13,22H,1H3,(H2,23,24,25). The molecule has 3 aromatic rings. The third kappa shape index (κ3) is 4.78. The Bertz CT molecular complexity index is 881. The molecular formula is C20H18FN3S. The number of hydrogen-bond donors (Lipinski definition) is 3. The van der Waals surface area contributed by atoms with Crippen molar-refractivity contribution in [2.45, 2.75) is 6.92 Å². The molecule has 0 amide bonds.